The van der Waals surface area contributed by atoms with Crippen molar-refractivity contribution in [1.82, 2.24) is 10.4 Å². The van der Waals surface area contributed by atoms with Gasteiger partial charge in [-0.1, -0.05) is 34.1 Å². The summed E-state index contributed by atoms with van der Waals surface area (Å²) >= 11 is 3.54. The topological polar surface area (TPSA) is 50.9 Å². The molecule has 4 heteroatoms. The van der Waals surface area contributed by atoms with Crippen molar-refractivity contribution in [3.8, 4) is 0 Å². The van der Waals surface area contributed by atoms with Crippen LogP contribution in [0.4, 0.5) is 0 Å². The molecule has 0 radical (unpaired) electrons. The van der Waals surface area contributed by atoms with E-state index in [2.05, 4.69) is 39.3 Å². The van der Waals surface area contributed by atoms with E-state index in [9.17, 15) is 0 Å². The third-order valence-corrected chi connectivity index (χ3v) is 3.91. The van der Waals surface area contributed by atoms with E-state index in [-0.39, 0.29) is 6.04 Å². The number of nitrogens with two attached hydrogens (primary N) is 1. The molecule has 2 aromatic rings. The number of hydrogen-bond donors (Lipinski definition) is 2. The van der Waals surface area contributed by atoms with Gasteiger partial charge in [-0.3, -0.25) is 10.8 Å². The number of pyridine rings is 1. The minimum atomic E-state index is -0.0457. The van der Waals surface area contributed by atoms with Crippen molar-refractivity contribution in [3.63, 3.8) is 0 Å². The predicted octanol–water partition coefficient (Wildman–Crippen LogP) is 3.01. The highest BCUT2D eigenvalue weighted by Crippen LogP contribution is 2.28. The molecule has 18 heavy (non-hydrogen) atoms. The Hall–Kier alpha value is -1.23. The average Bonchev–Trinajstić information content (AvgIpc) is 2.37. The lowest BCUT2D eigenvalue weighted by molar-refractivity contribution is 0.631. The molecule has 3 N–H and O–H groups in total. The molecular weight excluding hydrogens is 290 g/mol. The first kappa shape index (κ1) is 13.2. The van der Waals surface area contributed by atoms with Gasteiger partial charge in [0, 0.05) is 16.4 Å². The molecule has 2 rings (SSSR count). The molecule has 1 unspecified atom stereocenters. The number of nitrogens with one attached hydrogen (secondary N) is 1. The Morgan fingerprint density at radius 2 is 2.00 bits per heavy atom. The molecule has 3 nitrogen and oxygen atoms in total. The summed E-state index contributed by atoms with van der Waals surface area (Å²) in [6, 6.07) is 10.1. The van der Waals surface area contributed by atoms with Crippen molar-refractivity contribution >= 4 is 15.9 Å². The number of benzene rings is 1. The van der Waals surface area contributed by atoms with Crippen LogP contribution < -0.4 is 11.3 Å². The van der Waals surface area contributed by atoms with Crippen molar-refractivity contribution in [2.24, 2.45) is 5.84 Å². The van der Waals surface area contributed by atoms with Crippen LogP contribution >= 0.6 is 15.9 Å². The van der Waals surface area contributed by atoms with Gasteiger partial charge >= 0.3 is 0 Å². The molecule has 0 amide bonds. The first-order valence-electron chi connectivity index (χ1n) is 5.77. The molecule has 1 aromatic carbocycles. The average molecular weight is 306 g/mol. The standard InChI is InChI=1S/C14H16BrN3/c1-9-6-7-11(8-17-9)14(18-16)12-4-3-5-13(15)10(12)2/h3-8,14,18H,16H2,1-2H3. The normalized spacial score (nSPS) is 12.4. The fourth-order valence-electron chi connectivity index (χ4n) is 1.95. The fourth-order valence-corrected chi connectivity index (χ4v) is 2.33. The third kappa shape index (κ3) is 2.61. The molecule has 0 fully saturated rings. The molecule has 94 valence electrons. The van der Waals surface area contributed by atoms with Gasteiger partial charge in [-0.05, 0) is 42.7 Å². The van der Waals surface area contributed by atoms with Crippen LogP contribution in [-0.4, -0.2) is 4.98 Å². The van der Waals surface area contributed by atoms with E-state index in [1.165, 1.54) is 5.56 Å². The number of halogens is 1. The quantitative estimate of drug-likeness (QED) is 0.677. The zero-order chi connectivity index (χ0) is 13.1. The monoisotopic (exact) mass is 305 g/mol. The van der Waals surface area contributed by atoms with Crippen LogP contribution in [0, 0.1) is 13.8 Å². The van der Waals surface area contributed by atoms with Gasteiger partial charge in [-0.25, -0.2) is 5.43 Å². The van der Waals surface area contributed by atoms with Crippen LogP contribution in [0.25, 0.3) is 0 Å². The molecule has 0 aliphatic heterocycles. The van der Waals surface area contributed by atoms with Crippen LogP contribution in [-0.2, 0) is 0 Å². The lowest BCUT2D eigenvalue weighted by Crippen LogP contribution is -2.29. The molecule has 1 aromatic heterocycles. The molecule has 0 aliphatic carbocycles. The highest BCUT2D eigenvalue weighted by molar-refractivity contribution is 9.10. The van der Waals surface area contributed by atoms with Crippen molar-refractivity contribution < 1.29 is 0 Å². The minimum absolute atomic E-state index is 0.0457. The molecule has 0 saturated carbocycles. The highest BCUT2D eigenvalue weighted by atomic mass is 79.9. The van der Waals surface area contributed by atoms with E-state index in [0.29, 0.717) is 0 Å². The molecule has 0 aliphatic rings. The smallest absolute Gasteiger partial charge is 0.0727 e. The van der Waals surface area contributed by atoms with Crippen LogP contribution in [0.1, 0.15) is 28.4 Å². The third-order valence-electron chi connectivity index (χ3n) is 3.05. The lowest BCUT2D eigenvalue weighted by atomic mass is 9.96. The van der Waals surface area contributed by atoms with Gasteiger partial charge in [-0.15, -0.1) is 0 Å². The number of nitrogens with zero attached hydrogens (tertiary/aromatic N) is 1. The number of hydrazine groups is 1. The van der Waals surface area contributed by atoms with E-state index in [1.807, 2.05) is 37.4 Å². The zero-order valence-corrected chi connectivity index (χ0v) is 12.0. The SMILES string of the molecule is Cc1ccc(C(NN)c2cccc(Br)c2C)cn1. The first-order valence-corrected chi connectivity index (χ1v) is 6.56. The molecule has 0 bridgehead atoms. The highest BCUT2D eigenvalue weighted by Gasteiger charge is 2.15. The summed E-state index contributed by atoms with van der Waals surface area (Å²) in [6.07, 6.45) is 1.86. The van der Waals surface area contributed by atoms with Crippen molar-refractivity contribution in [2.45, 2.75) is 19.9 Å². The fraction of sp³-hybridized carbons (Fsp3) is 0.214. The molecule has 1 heterocycles. The first-order chi connectivity index (χ1) is 8.63. The number of aromatic nitrogens is 1. The Balaban J connectivity index is 2.45. The number of rotatable bonds is 3. The summed E-state index contributed by atoms with van der Waals surface area (Å²) in [4.78, 5) is 4.32. The van der Waals surface area contributed by atoms with Crippen molar-refractivity contribution in [1.29, 1.82) is 0 Å². The molecule has 0 saturated heterocycles. The number of hydrogen-bond acceptors (Lipinski definition) is 3. The van der Waals surface area contributed by atoms with E-state index in [0.717, 1.165) is 21.3 Å². The predicted molar refractivity (Wildman–Crippen MR) is 77.0 cm³/mol. The maximum atomic E-state index is 5.70. The van der Waals surface area contributed by atoms with Crippen LogP contribution in [0.2, 0.25) is 0 Å². The van der Waals surface area contributed by atoms with Gasteiger partial charge < -0.3 is 0 Å². The van der Waals surface area contributed by atoms with Gasteiger partial charge in [0.2, 0.25) is 0 Å². The van der Waals surface area contributed by atoms with E-state index < -0.39 is 0 Å². The Morgan fingerprint density at radius 3 is 2.61 bits per heavy atom. The van der Waals surface area contributed by atoms with E-state index in [4.69, 9.17) is 5.84 Å². The second-order valence-electron chi connectivity index (χ2n) is 4.29. The Kier molecular flexibility index (Phi) is 4.11. The van der Waals surface area contributed by atoms with Crippen LogP contribution in [0.3, 0.4) is 0 Å². The van der Waals surface area contributed by atoms with Crippen LogP contribution in [0.15, 0.2) is 41.0 Å². The van der Waals surface area contributed by atoms with Crippen LogP contribution in [0.5, 0.6) is 0 Å². The van der Waals surface area contributed by atoms with E-state index in [1.54, 1.807) is 0 Å². The second kappa shape index (κ2) is 5.61. The lowest BCUT2D eigenvalue weighted by Gasteiger charge is -2.19. The molecular formula is C14H16BrN3. The van der Waals surface area contributed by atoms with Gasteiger partial charge in [0.15, 0.2) is 0 Å². The van der Waals surface area contributed by atoms with Gasteiger partial charge in [-0.2, -0.15) is 0 Å². The number of aryl methyl sites for hydroxylation is 1. The summed E-state index contributed by atoms with van der Waals surface area (Å²) < 4.78 is 1.08. The van der Waals surface area contributed by atoms with Crippen molar-refractivity contribution in [2.75, 3.05) is 0 Å². The van der Waals surface area contributed by atoms with Crippen molar-refractivity contribution in [3.05, 3.63) is 63.4 Å². The zero-order valence-electron chi connectivity index (χ0n) is 10.4. The summed E-state index contributed by atoms with van der Waals surface area (Å²) in [6.45, 7) is 4.05. The Labute approximate surface area is 116 Å². The Morgan fingerprint density at radius 1 is 1.22 bits per heavy atom. The molecule has 1 atom stereocenters. The van der Waals surface area contributed by atoms with Gasteiger partial charge in [0.1, 0.15) is 0 Å². The maximum absolute atomic E-state index is 5.70. The largest absolute Gasteiger partial charge is 0.271 e. The second-order valence-corrected chi connectivity index (χ2v) is 5.14. The Bertz CT molecular complexity index is 537. The van der Waals surface area contributed by atoms with Gasteiger partial charge in [0.05, 0.1) is 6.04 Å². The summed E-state index contributed by atoms with van der Waals surface area (Å²) in [5.74, 6) is 5.70. The minimum Gasteiger partial charge on any atom is -0.271 e. The summed E-state index contributed by atoms with van der Waals surface area (Å²) in [7, 11) is 0. The van der Waals surface area contributed by atoms with Gasteiger partial charge in [0.25, 0.3) is 0 Å². The summed E-state index contributed by atoms with van der Waals surface area (Å²) in [5.41, 5.74) is 7.25. The van der Waals surface area contributed by atoms with E-state index >= 15 is 0 Å². The maximum Gasteiger partial charge on any atom is 0.0727 e. The summed E-state index contributed by atoms with van der Waals surface area (Å²) in [5, 5.41) is 0. The molecule has 0 spiro atoms.